The van der Waals surface area contributed by atoms with Crippen LogP contribution in [-0.2, 0) is 4.79 Å². The van der Waals surface area contributed by atoms with Crippen molar-refractivity contribution in [1.82, 2.24) is 29.7 Å². The third-order valence-corrected chi connectivity index (χ3v) is 6.25. The summed E-state index contributed by atoms with van der Waals surface area (Å²) < 4.78 is 0. The molecule has 5 rings (SSSR count). The highest BCUT2D eigenvalue weighted by Crippen LogP contribution is 2.17. The van der Waals surface area contributed by atoms with Gasteiger partial charge in [0.15, 0.2) is 0 Å². The Bertz CT molecular complexity index is 1050. The van der Waals surface area contributed by atoms with Crippen molar-refractivity contribution in [3.05, 3.63) is 54.5 Å². The number of aromatic amines is 1. The highest BCUT2D eigenvalue weighted by Gasteiger charge is 2.27. The van der Waals surface area contributed by atoms with Gasteiger partial charge in [0, 0.05) is 75.7 Å². The topological polar surface area (TPSA) is 88.7 Å². The summed E-state index contributed by atoms with van der Waals surface area (Å²) in [6.45, 7) is 5.89. The van der Waals surface area contributed by atoms with Gasteiger partial charge < -0.3 is 19.7 Å². The Balaban J connectivity index is 1.09. The van der Waals surface area contributed by atoms with Crippen LogP contribution in [0.1, 0.15) is 10.5 Å². The second kappa shape index (κ2) is 8.96. The highest BCUT2D eigenvalue weighted by atomic mass is 16.2. The summed E-state index contributed by atoms with van der Waals surface area (Å²) >= 11 is 0. The zero-order valence-electron chi connectivity index (χ0n) is 18.0. The van der Waals surface area contributed by atoms with Crippen molar-refractivity contribution in [2.75, 3.05) is 63.8 Å². The summed E-state index contributed by atoms with van der Waals surface area (Å²) in [7, 11) is 0. The number of nitrogens with one attached hydrogen (secondary N) is 1. The second-order valence-electron chi connectivity index (χ2n) is 8.26. The summed E-state index contributed by atoms with van der Waals surface area (Å²) in [6.07, 6.45) is 3.48. The standard InChI is InChI=1S/C23H27N7O2/c31-21(28-12-14-30(15-13-28)23-24-6-3-7-25-23)17-27-8-10-29(11-9-27)22(32)20-16-18-4-1-2-5-19(18)26-20/h1-7,16,26H,8-15,17H2. The van der Waals surface area contributed by atoms with Crippen molar-refractivity contribution in [3.8, 4) is 0 Å². The summed E-state index contributed by atoms with van der Waals surface area (Å²) in [5, 5.41) is 1.04. The lowest BCUT2D eigenvalue weighted by atomic mass is 10.2. The number of para-hydroxylation sites is 1. The number of H-pyrrole nitrogens is 1. The van der Waals surface area contributed by atoms with E-state index in [1.165, 1.54) is 0 Å². The van der Waals surface area contributed by atoms with E-state index in [4.69, 9.17) is 0 Å². The molecular formula is C23H27N7O2. The lowest BCUT2D eigenvalue weighted by Gasteiger charge is -2.37. The first kappa shape index (κ1) is 20.4. The Hall–Kier alpha value is -3.46. The largest absolute Gasteiger partial charge is 0.351 e. The molecule has 1 N–H and O–H groups in total. The zero-order chi connectivity index (χ0) is 21.9. The van der Waals surface area contributed by atoms with Gasteiger partial charge in [-0.2, -0.15) is 0 Å². The molecule has 2 fully saturated rings. The van der Waals surface area contributed by atoms with E-state index in [-0.39, 0.29) is 11.8 Å². The van der Waals surface area contributed by atoms with E-state index in [0.717, 1.165) is 29.9 Å². The molecule has 2 aliphatic heterocycles. The van der Waals surface area contributed by atoms with Crippen molar-refractivity contribution in [3.63, 3.8) is 0 Å². The number of carbonyl (C=O) groups is 2. The Morgan fingerprint density at radius 2 is 1.53 bits per heavy atom. The number of rotatable bonds is 4. The molecule has 3 aromatic rings. The molecule has 0 unspecified atom stereocenters. The number of aromatic nitrogens is 3. The predicted molar refractivity (Wildman–Crippen MR) is 121 cm³/mol. The molecule has 1 aromatic carbocycles. The van der Waals surface area contributed by atoms with Crippen molar-refractivity contribution in [1.29, 1.82) is 0 Å². The number of hydrogen-bond donors (Lipinski definition) is 1. The van der Waals surface area contributed by atoms with Crippen LogP contribution in [0.15, 0.2) is 48.8 Å². The van der Waals surface area contributed by atoms with Crippen molar-refractivity contribution < 1.29 is 9.59 Å². The second-order valence-corrected chi connectivity index (χ2v) is 8.26. The van der Waals surface area contributed by atoms with Gasteiger partial charge in [-0.15, -0.1) is 0 Å². The molecule has 0 saturated carbocycles. The third-order valence-electron chi connectivity index (χ3n) is 6.25. The van der Waals surface area contributed by atoms with E-state index in [9.17, 15) is 9.59 Å². The molecule has 0 atom stereocenters. The maximum absolute atomic E-state index is 12.9. The first-order valence-corrected chi connectivity index (χ1v) is 11.1. The van der Waals surface area contributed by atoms with Gasteiger partial charge in [0.05, 0.1) is 6.54 Å². The van der Waals surface area contributed by atoms with Crippen molar-refractivity contribution >= 4 is 28.7 Å². The molecule has 166 valence electrons. The highest BCUT2D eigenvalue weighted by molar-refractivity contribution is 5.98. The van der Waals surface area contributed by atoms with E-state index in [0.29, 0.717) is 51.5 Å². The minimum absolute atomic E-state index is 0.0198. The molecule has 32 heavy (non-hydrogen) atoms. The van der Waals surface area contributed by atoms with E-state index in [1.54, 1.807) is 18.5 Å². The zero-order valence-corrected chi connectivity index (χ0v) is 18.0. The first-order valence-electron chi connectivity index (χ1n) is 11.1. The maximum atomic E-state index is 12.9. The molecule has 0 spiro atoms. The summed E-state index contributed by atoms with van der Waals surface area (Å²) in [6, 6.07) is 11.6. The van der Waals surface area contributed by atoms with Crippen molar-refractivity contribution in [2.24, 2.45) is 0 Å². The van der Waals surface area contributed by atoms with E-state index in [2.05, 4.69) is 24.8 Å². The summed E-state index contributed by atoms with van der Waals surface area (Å²) in [5.41, 5.74) is 1.59. The molecule has 2 amide bonds. The Labute approximate surface area is 186 Å². The van der Waals surface area contributed by atoms with Crippen LogP contribution in [0.4, 0.5) is 5.95 Å². The molecule has 2 aliphatic rings. The average molecular weight is 434 g/mol. The number of piperazine rings is 2. The monoisotopic (exact) mass is 433 g/mol. The summed E-state index contributed by atoms with van der Waals surface area (Å²) in [5.74, 6) is 0.885. The van der Waals surface area contributed by atoms with Crippen LogP contribution in [0.25, 0.3) is 10.9 Å². The molecule has 2 saturated heterocycles. The lowest BCUT2D eigenvalue weighted by molar-refractivity contribution is -0.133. The molecule has 9 nitrogen and oxygen atoms in total. The fourth-order valence-electron chi connectivity index (χ4n) is 4.37. The molecular weight excluding hydrogens is 406 g/mol. The average Bonchev–Trinajstić information content (AvgIpc) is 3.29. The summed E-state index contributed by atoms with van der Waals surface area (Å²) in [4.78, 5) is 45.5. The fourth-order valence-corrected chi connectivity index (χ4v) is 4.37. The van der Waals surface area contributed by atoms with Crippen LogP contribution in [0.3, 0.4) is 0 Å². The van der Waals surface area contributed by atoms with Crippen LogP contribution in [0.2, 0.25) is 0 Å². The quantitative estimate of drug-likeness (QED) is 0.662. The number of amides is 2. The number of hydrogen-bond acceptors (Lipinski definition) is 6. The Morgan fingerprint density at radius 3 is 2.25 bits per heavy atom. The number of carbonyl (C=O) groups excluding carboxylic acids is 2. The van der Waals surface area contributed by atoms with Gasteiger partial charge in [-0.05, 0) is 18.2 Å². The Morgan fingerprint density at radius 1 is 0.844 bits per heavy atom. The van der Waals surface area contributed by atoms with Crippen molar-refractivity contribution in [2.45, 2.75) is 0 Å². The first-order chi connectivity index (χ1) is 15.7. The van der Waals surface area contributed by atoms with E-state index in [1.807, 2.05) is 40.1 Å². The molecule has 4 heterocycles. The molecule has 9 heteroatoms. The van der Waals surface area contributed by atoms with Crippen LogP contribution in [0.5, 0.6) is 0 Å². The van der Waals surface area contributed by atoms with Crippen LogP contribution >= 0.6 is 0 Å². The van der Waals surface area contributed by atoms with Crippen LogP contribution in [-0.4, -0.2) is 100 Å². The third kappa shape index (κ3) is 4.29. The van der Waals surface area contributed by atoms with E-state index >= 15 is 0 Å². The van der Waals surface area contributed by atoms with Crippen LogP contribution < -0.4 is 4.90 Å². The number of benzene rings is 1. The minimum Gasteiger partial charge on any atom is -0.351 e. The van der Waals surface area contributed by atoms with Gasteiger partial charge >= 0.3 is 0 Å². The van der Waals surface area contributed by atoms with Gasteiger partial charge in [-0.25, -0.2) is 9.97 Å². The lowest BCUT2D eigenvalue weighted by Crippen LogP contribution is -2.54. The molecule has 0 aliphatic carbocycles. The fraction of sp³-hybridized carbons (Fsp3) is 0.391. The molecule has 2 aromatic heterocycles. The smallest absolute Gasteiger partial charge is 0.270 e. The molecule has 0 bridgehead atoms. The normalized spacial score (nSPS) is 17.7. The van der Waals surface area contributed by atoms with Crippen LogP contribution in [0, 0.1) is 0 Å². The Kier molecular flexibility index (Phi) is 5.72. The predicted octanol–water partition coefficient (Wildman–Crippen LogP) is 1.06. The van der Waals surface area contributed by atoms with Gasteiger partial charge in [-0.3, -0.25) is 14.5 Å². The minimum atomic E-state index is 0.0198. The number of fused-ring (bicyclic) bond motifs is 1. The van der Waals surface area contributed by atoms with Gasteiger partial charge in [0.25, 0.3) is 5.91 Å². The van der Waals surface area contributed by atoms with Gasteiger partial charge in [-0.1, -0.05) is 18.2 Å². The molecule has 0 radical (unpaired) electrons. The maximum Gasteiger partial charge on any atom is 0.270 e. The van der Waals surface area contributed by atoms with E-state index < -0.39 is 0 Å². The van der Waals surface area contributed by atoms with Gasteiger partial charge in [0.2, 0.25) is 11.9 Å². The van der Waals surface area contributed by atoms with Gasteiger partial charge in [0.1, 0.15) is 5.69 Å². The SMILES string of the molecule is O=C(CN1CCN(C(=O)c2cc3ccccc3[nH]2)CC1)N1CCN(c2ncccn2)CC1. The number of anilines is 1. The number of nitrogens with zero attached hydrogens (tertiary/aromatic N) is 6.